The minimum absolute atomic E-state index is 0.0449. The average Bonchev–Trinajstić information content (AvgIpc) is 3.49. The van der Waals surface area contributed by atoms with Crippen LogP contribution in [0.4, 0.5) is 0 Å². The van der Waals surface area contributed by atoms with Gasteiger partial charge in [0.05, 0.1) is 13.2 Å². The predicted molar refractivity (Wildman–Crippen MR) is 111 cm³/mol. The molecule has 1 saturated heterocycles. The van der Waals surface area contributed by atoms with Gasteiger partial charge in [-0.25, -0.2) is 0 Å². The lowest BCUT2D eigenvalue weighted by Crippen LogP contribution is -2.46. The van der Waals surface area contributed by atoms with Gasteiger partial charge in [0.2, 0.25) is 11.8 Å². The van der Waals surface area contributed by atoms with Crippen molar-refractivity contribution in [1.82, 2.24) is 10.2 Å². The van der Waals surface area contributed by atoms with Crippen LogP contribution in [0.3, 0.4) is 0 Å². The zero-order chi connectivity index (χ0) is 20.1. The van der Waals surface area contributed by atoms with Gasteiger partial charge in [-0.1, -0.05) is 54.6 Å². The Kier molecular flexibility index (Phi) is 6.25. The van der Waals surface area contributed by atoms with Crippen LogP contribution in [-0.4, -0.2) is 29.3 Å². The molecule has 1 N–H and O–H groups in total. The maximum atomic E-state index is 12.8. The molecule has 2 fully saturated rings. The molecule has 0 spiro atoms. The fraction of sp³-hybridized carbons (Fsp3) is 0.417. The van der Waals surface area contributed by atoms with Crippen molar-refractivity contribution in [3.8, 4) is 0 Å². The van der Waals surface area contributed by atoms with E-state index in [2.05, 4.69) is 5.32 Å². The van der Waals surface area contributed by atoms with Gasteiger partial charge in [0, 0.05) is 19.0 Å². The van der Waals surface area contributed by atoms with Gasteiger partial charge in [-0.3, -0.25) is 9.59 Å². The summed E-state index contributed by atoms with van der Waals surface area (Å²) in [4.78, 5) is 27.0. The van der Waals surface area contributed by atoms with Gasteiger partial charge in [-0.05, 0) is 42.4 Å². The molecule has 0 radical (unpaired) electrons. The van der Waals surface area contributed by atoms with Crippen LogP contribution < -0.4 is 5.32 Å². The molecule has 5 nitrogen and oxygen atoms in total. The number of nitrogens with zero attached hydrogens (tertiary/aromatic N) is 1. The first-order valence-electron chi connectivity index (χ1n) is 10.5. The second kappa shape index (κ2) is 9.23. The molecule has 2 aromatic rings. The highest BCUT2D eigenvalue weighted by Gasteiger charge is 2.40. The molecule has 1 aliphatic heterocycles. The summed E-state index contributed by atoms with van der Waals surface area (Å²) < 4.78 is 5.87. The Morgan fingerprint density at radius 2 is 1.66 bits per heavy atom. The number of hydrogen-bond donors (Lipinski definition) is 1. The minimum atomic E-state index is -0.315. The number of likely N-dealkylation sites (tertiary alicyclic amines) is 1. The summed E-state index contributed by atoms with van der Waals surface area (Å²) in [5.41, 5.74) is 3.26. The van der Waals surface area contributed by atoms with E-state index in [9.17, 15) is 9.59 Å². The van der Waals surface area contributed by atoms with Gasteiger partial charge in [-0.2, -0.15) is 0 Å². The van der Waals surface area contributed by atoms with Gasteiger partial charge >= 0.3 is 0 Å². The smallest absolute Gasteiger partial charge is 0.243 e. The van der Waals surface area contributed by atoms with Gasteiger partial charge in [-0.15, -0.1) is 0 Å². The largest absolute Gasteiger partial charge is 0.372 e. The molecule has 1 unspecified atom stereocenters. The third-order valence-corrected chi connectivity index (χ3v) is 5.71. The van der Waals surface area contributed by atoms with Gasteiger partial charge in [0.25, 0.3) is 0 Å². The van der Waals surface area contributed by atoms with Crippen LogP contribution in [-0.2, 0) is 34.1 Å². The Bertz CT molecular complexity index is 848. The predicted octanol–water partition coefficient (Wildman–Crippen LogP) is 3.42. The molecule has 5 heteroatoms. The van der Waals surface area contributed by atoms with Crippen molar-refractivity contribution in [1.29, 1.82) is 0 Å². The van der Waals surface area contributed by atoms with E-state index in [0.717, 1.165) is 42.4 Å². The summed E-state index contributed by atoms with van der Waals surface area (Å²) in [6, 6.07) is 17.8. The molecule has 1 heterocycles. The highest BCUT2D eigenvalue weighted by Crippen LogP contribution is 2.33. The normalized spacial score (nSPS) is 18.6. The SMILES string of the molecule is O=C(NCc1ccccc1COCc1ccccc1)C1CCCN1C(=O)C1CC1. The topological polar surface area (TPSA) is 58.6 Å². The van der Waals surface area contributed by atoms with Crippen LogP contribution in [0.15, 0.2) is 54.6 Å². The third kappa shape index (κ3) is 5.04. The number of carbonyl (C=O) groups excluding carboxylic acids is 2. The lowest BCUT2D eigenvalue weighted by atomic mass is 10.1. The van der Waals surface area contributed by atoms with Crippen LogP contribution in [0.1, 0.15) is 42.4 Å². The zero-order valence-corrected chi connectivity index (χ0v) is 16.7. The minimum Gasteiger partial charge on any atom is -0.372 e. The molecule has 1 atom stereocenters. The number of ether oxygens (including phenoxy) is 1. The standard InChI is InChI=1S/C24H28N2O3/c27-23(22-11-6-14-26(22)24(28)19-12-13-19)25-15-20-9-4-5-10-21(20)17-29-16-18-7-2-1-3-8-18/h1-5,7-10,19,22H,6,11-17H2,(H,25,27). The number of nitrogens with one attached hydrogen (secondary N) is 1. The summed E-state index contributed by atoms with van der Waals surface area (Å²) >= 11 is 0. The fourth-order valence-electron chi connectivity index (χ4n) is 3.89. The van der Waals surface area contributed by atoms with Crippen LogP contribution in [0, 0.1) is 5.92 Å². The van der Waals surface area contributed by atoms with E-state index >= 15 is 0 Å². The first-order valence-corrected chi connectivity index (χ1v) is 10.5. The average molecular weight is 392 g/mol. The van der Waals surface area contributed by atoms with E-state index in [1.807, 2.05) is 54.6 Å². The highest BCUT2D eigenvalue weighted by molar-refractivity contribution is 5.90. The molecule has 2 aromatic carbocycles. The fourth-order valence-corrected chi connectivity index (χ4v) is 3.89. The van der Waals surface area contributed by atoms with Crippen molar-refractivity contribution in [3.05, 3.63) is 71.3 Å². The second-order valence-electron chi connectivity index (χ2n) is 7.93. The second-order valence-corrected chi connectivity index (χ2v) is 7.93. The quantitative estimate of drug-likeness (QED) is 0.749. The van der Waals surface area contributed by atoms with Crippen molar-refractivity contribution in [2.45, 2.75) is 51.5 Å². The van der Waals surface area contributed by atoms with Crippen LogP contribution in [0.5, 0.6) is 0 Å². The molecule has 4 rings (SSSR count). The third-order valence-electron chi connectivity index (χ3n) is 5.71. The number of amides is 2. The molecule has 0 bridgehead atoms. The maximum Gasteiger partial charge on any atom is 0.243 e. The van der Waals surface area contributed by atoms with Gasteiger partial charge < -0.3 is 15.0 Å². The van der Waals surface area contributed by atoms with E-state index in [1.165, 1.54) is 0 Å². The van der Waals surface area contributed by atoms with Crippen molar-refractivity contribution in [3.63, 3.8) is 0 Å². The zero-order valence-electron chi connectivity index (χ0n) is 16.7. The molecule has 0 aromatic heterocycles. The van der Waals surface area contributed by atoms with Crippen molar-refractivity contribution in [2.75, 3.05) is 6.54 Å². The summed E-state index contributed by atoms with van der Waals surface area (Å²) in [5.74, 6) is 0.278. The summed E-state index contributed by atoms with van der Waals surface area (Å²) in [7, 11) is 0. The highest BCUT2D eigenvalue weighted by atomic mass is 16.5. The number of benzene rings is 2. The van der Waals surface area contributed by atoms with E-state index in [-0.39, 0.29) is 23.8 Å². The Morgan fingerprint density at radius 1 is 0.931 bits per heavy atom. The molecular formula is C24H28N2O3. The first-order chi connectivity index (χ1) is 14.2. The van der Waals surface area contributed by atoms with Crippen molar-refractivity contribution < 1.29 is 14.3 Å². The number of rotatable bonds is 8. The van der Waals surface area contributed by atoms with Crippen LogP contribution >= 0.6 is 0 Å². The number of hydrogen-bond acceptors (Lipinski definition) is 3. The molecule has 152 valence electrons. The van der Waals surface area contributed by atoms with E-state index in [0.29, 0.717) is 26.3 Å². The Labute approximate surface area is 172 Å². The Hall–Kier alpha value is -2.66. The Balaban J connectivity index is 1.31. The molecule has 2 aliphatic rings. The number of carbonyl (C=O) groups is 2. The first kappa shape index (κ1) is 19.6. The van der Waals surface area contributed by atoms with Crippen LogP contribution in [0.25, 0.3) is 0 Å². The lowest BCUT2D eigenvalue weighted by Gasteiger charge is -2.24. The molecule has 2 amide bonds. The summed E-state index contributed by atoms with van der Waals surface area (Å²) in [6.07, 6.45) is 3.60. The molecule has 29 heavy (non-hydrogen) atoms. The molecule has 1 saturated carbocycles. The Morgan fingerprint density at radius 3 is 2.41 bits per heavy atom. The molecular weight excluding hydrogens is 364 g/mol. The van der Waals surface area contributed by atoms with Crippen molar-refractivity contribution in [2.24, 2.45) is 5.92 Å². The van der Waals surface area contributed by atoms with E-state index in [1.54, 1.807) is 4.90 Å². The van der Waals surface area contributed by atoms with Gasteiger partial charge in [0.1, 0.15) is 6.04 Å². The molecule has 1 aliphatic carbocycles. The maximum absolute atomic E-state index is 12.8. The monoisotopic (exact) mass is 392 g/mol. The van der Waals surface area contributed by atoms with E-state index < -0.39 is 0 Å². The summed E-state index contributed by atoms with van der Waals surface area (Å²) in [5, 5.41) is 3.05. The lowest BCUT2D eigenvalue weighted by molar-refractivity contribution is -0.139. The van der Waals surface area contributed by atoms with Gasteiger partial charge in [0.15, 0.2) is 0 Å². The summed E-state index contributed by atoms with van der Waals surface area (Å²) in [6.45, 7) is 2.21. The van der Waals surface area contributed by atoms with Crippen LogP contribution in [0.2, 0.25) is 0 Å². The van der Waals surface area contributed by atoms with Crippen molar-refractivity contribution >= 4 is 11.8 Å². The van der Waals surface area contributed by atoms with E-state index in [4.69, 9.17) is 4.74 Å².